The van der Waals surface area contributed by atoms with Crippen molar-refractivity contribution in [1.82, 2.24) is 0 Å². The van der Waals surface area contributed by atoms with Crippen LogP contribution in [0.5, 0.6) is 0 Å². The Kier molecular flexibility index (Phi) is 17.7. The molecule has 0 aromatic rings. The van der Waals surface area contributed by atoms with E-state index in [2.05, 4.69) is 26.5 Å². The van der Waals surface area contributed by atoms with Gasteiger partial charge in [-0.15, -0.1) is 6.58 Å². The van der Waals surface area contributed by atoms with Crippen LogP contribution in [-0.2, 0) is 4.74 Å². The molecule has 0 bridgehead atoms. The van der Waals surface area contributed by atoms with Crippen LogP contribution in [0.2, 0.25) is 0 Å². The van der Waals surface area contributed by atoms with Gasteiger partial charge in [-0.2, -0.15) is 0 Å². The number of carbonyl (C=O) groups excluding carboxylic acids is 1. The molecule has 0 spiro atoms. The second kappa shape index (κ2) is 18.4. The number of hydrogen-bond donors (Lipinski definition) is 1. The molecule has 0 atom stereocenters. The van der Waals surface area contributed by atoms with Crippen LogP contribution in [0.4, 0.5) is 4.79 Å². The molecule has 0 aliphatic rings. The highest BCUT2D eigenvalue weighted by atomic mass is 16.5. The van der Waals surface area contributed by atoms with E-state index >= 15 is 0 Å². The third-order valence-electron chi connectivity index (χ3n) is 5.51. The molecule has 0 aromatic heterocycles. The summed E-state index contributed by atoms with van der Waals surface area (Å²) in [6.45, 7) is 8.96. The maximum Gasteiger partial charge on any atom is 0.404 e. The van der Waals surface area contributed by atoms with Gasteiger partial charge in [0, 0.05) is 0 Å². The van der Waals surface area contributed by atoms with E-state index in [9.17, 15) is 4.79 Å². The zero-order valence-electron chi connectivity index (χ0n) is 18.4. The normalized spacial score (nSPS) is 11.5. The van der Waals surface area contributed by atoms with Crippen LogP contribution in [0.1, 0.15) is 123 Å². The molecule has 3 heteroatoms. The molecule has 0 rings (SSSR count). The Hall–Kier alpha value is -0.990. The van der Waals surface area contributed by atoms with Gasteiger partial charge in [0.05, 0.1) is 6.61 Å². The number of primary amides is 1. The Bertz CT molecular complexity index is 352. The van der Waals surface area contributed by atoms with Gasteiger partial charge in [0.1, 0.15) is 0 Å². The molecule has 3 nitrogen and oxygen atoms in total. The van der Waals surface area contributed by atoms with E-state index in [1.54, 1.807) is 0 Å². The van der Waals surface area contributed by atoms with Crippen molar-refractivity contribution in [2.24, 2.45) is 11.1 Å². The summed E-state index contributed by atoms with van der Waals surface area (Å²) in [7, 11) is 0. The second-order valence-electron chi connectivity index (χ2n) is 8.77. The predicted octanol–water partition coefficient (Wildman–Crippen LogP) is 7.93. The van der Waals surface area contributed by atoms with Crippen LogP contribution in [0, 0.1) is 5.41 Å². The third kappa shape index (κ3) is 21.2. The standard InChI is InChI=1S/C24H47NO2/c1-4-24(2,3)21-19-17-15-13-11-9-7-5-6-8-10-12-14-16-18-20-22-27-23(25)26/h4H,1,5-22H2,2-3H3,(H2,25,26). The van der Waals surface area contributed by atoms with Crippen LogP contribution >= 0.6 is 0 Å². The van der Waals surface area contributed by atoms with E-state index in [4.69, 9.17) is 10.5 Å². The molecule has 0 saturated carbocycles. The van der Waals surface area contributed by atoms with Gasteiger partial charge in [0.25, 0.3) is 0 Å². The van der Waals surface area contributed by atoms with Gasteiger partial charge in [0.2, 0.25) is 0 Å². The zero-order chi connectivity index (χ0) is 20.2. The van der Waals surface area contributed by atoms with E-state index in [-0.39, 0.29) is 0 Å². The average Bonchev–Trinajstić information content (AvgIpc) is 2.63. The van der Waals surface area contributed by atoms with E-state index in [1.165, 1.54) is 96.3 Å². The highest BCUT2D eigenvalue weighted by Crippen LogP contribution is 2.24. The number of allylic oxidation sites excluding steroid dienone is 1. The Morgan fingerprint density at radius 1 is 0.741 bits per heavy atom. The smallest absolute Gasteiger partial charge is 0.404 e. The van der Waals surface area contributed by atoms with Gasteiger partial charge in [-0.25, -0.2) is 4.79 Å². The number of nitrogens with two attached hydrogens (primary N) is 1. The number of hydrogen-bond acceptors (Lipinski definition) is 2. The number of ether oxygens (including phenoxy) is 1. The van der Waals surface area contributed by atoms with Gasteiger partial charge in [-0.3, -0.25) is 0 Å². The highest BCUT2D eigenvalue weighted by Gasteiger charge is 2.11. The van der Waals surface area contributed by atoms with Gasteiger partial charge >= 0.3 is 6.09 Å². The Labute approximate surface area is 169 Å². The topological polar surface area (TPSA) is 52.3 Å². The third-order valence-corrected chi connectivity index (χ3v) is 5.51. The second-order valence-corrected chi connectivity index (χ2v) is 8.77. The fraction of sp³-hybridized carbons (Fsp3) is 0.875. The predicted molar refractivity (Wildman–Crippen MR) is 118 cm³/mol. The first kappa shape index (κ1) is 26.0. The summed E-state index contributed by atoms with van der Waals surface area (Å²) in [6.07, 6.45) is 24.1. The largest absolute Gasteiger partial charge is 0.450 e. The molecule has 1 amide bonds. The van der Waals surface area contributed by atoms with Gasteiger partial charge in [-0.05, 0) is 18.3 Å². The monoisotopic (exact) mass is 381 g/mol. The molecular formula is C24H47NO2. The summed E-state index contributed by atoms with van der Waals surface area (Å²) in [5.74, 6) is 0. The van der Waals surface area contributed by atoms with E-state index in [1.807, 2.05) is 0 Å². The number of unbranched alkanes of at least 4 members (excludes halogenated alkanes) is 15. The molecule has 0 unspecified atom stereocenters. The molecule has 0 aromatic carbocycles. The van der Waals surface area contributed by atoms with Crippen LogP contribution in [0.3, 0.4) is 0 Å². The van der Waals surface area contributed by atoms with Gasteiger partial charge in [0.15, 0.2) is 0 Å². The molecule has 27 heavy (non-hydrogen) atoms. The van der Waals surface area contributed by atoms with Crippen molar-refractivity contribution >= 4 is 6.09 Å². The van der Waals surface area contributed by atoms with Crippen molar-refractivity contribution in [2.45, 2.75) is 123 Å². The van der Waals surface area contributed by atoms with E-state index < -0.39 is 6.09 Å². The zero-order valence-corrected chi connectivity index (χ0v) is 18.4. The van der Waals surface area contributed by atoms with Crippen molar-refractivity contribution in [1.29, 1.82) is 0 Å². The summed E-state index contributed by atoms with van der Waals surface area (Å²) >= 11 is 0. The summed E-state index contributed by atoms with van der Waals surface area (Å²) in [5.41, 5.74) is 5.24. The Morgan fingerprint density at radius 3 is 1.41 bits per heavy atom. The van der Waals surface area contributed by atoms with Crippen molar-refractivity contribution in [2.75, 3.05) is 6.61 Å². The number of rotatable bonds is 20. The van der Waals surface area contributed by atoms with E-state index in [0.717, 1.165) is 12.8 Å². The molecule has 0 radical (unpaired) electrons. The summed E-state index contributed by atoms with van der Waals surface area (Å²) in [5, 5.41) is 0. The van der Waals surface area contributed by atoms with Crippen molar-refractivity contribution in [3.05, 3.63) is 12.7 Å². The minimum Gasteiger partial charge on any atom is -0.450 e. The summed E-state index contributed by atoms with van der Waals surface area (Å²) < 4.78 is 4.72. The lowest BCUT2D eigenvalue weighted by atomic mass is 9.87. The summed E-state index contributed by atoms with van der Waals surface area (Å²) in [6, 6.07) is 0. The summed E-state index contributed by atoms with van der Waals surface area (Å²) in [4.78, 5) is 10.4. The van der Waals surface area contributed by atoms with E-state index in [0.29, 0.717) is 12.0 Å². The molecule has 160 valence electrons. The van der Waals surface area contributed by atoms with Crippen LogP contribution in [0.15, 0.2) is 12.7 Å². The molecule has 0 fully saturated rings. The minimum absolute atomic E-state index is 0.321. The Morgan fingerprint density at radius 2 is 1.07 bits per heavy atom. The van der Waals surface area contributed by atoms with Crippen molar-refractivity contribution < 1.29 is 9.53 Å². The van der Waals surface area contributed by atoms with Gasteiger partial charge < -0.3 is 10.5 Å². The number of carbonyl (C=O) groups is 1. The molecular weight excluding hydrogens is 334 g/mol. The first-order valence-corrected chi connectivity index (χ1v) is 11.5. The number of amides is 1. The van der Waals surface area contributed by atoms with Gasteiger partial charge in [-0.1, -0.05) is 116 Å². The lowest BCUT2D eigenvalue weighted by Gasteiger charge is -2.18. The molecule has 2 N–H and O–H groups in total. The highest BCUT2D eigenvalue weighted by molar-refractivity contribution is 5.64. The Balaban J connectivity index is 3.09. The molecule has 0 saturated heterocycles. The molecule has 0 heterocycles. The van der Waals surface area contributed by atoms with Crippen LogP contribution < -0.4 is 5.73 Å². The first-order valence-electron chi connectivity index (χ1n) is 11.5. The SMILES string of the molecule is C=CC(C)(C)CCCCCCCCCCCCCCCCCCOC(N)=O. The first-order chi connectivity index (χ1) is 13.0. The maximum absolute atomic E-state index is 10.4. The quantitative estimate of drug-likeness (QED) is 0.172. The van der Waals surface area contributed by atoms with Crippen molar-refractivity contribution in [3.63, 3.8) is 0 Å². The fourth-order valence-electron chi connectivity index (χ4n) is 3.43. The lowest BCUT2D eigenvalue weighted by molar-refractivity contribution is 0.154. The minimum atomic E-state index is -0.654. The molecule has 0 aliphatic heterocycles. The average molecular weight is 382 g/mol. The van der Waals surface area contributed by atoms with Crippen molar-refractivity contribution in [3.8, 4) is 0 Å². The lowest BCUT2D eigenvalue weighted by Crippen LogP contribution is -2.13. The fourth-order valence-corrected chi connectivity index (χ4v) is 3.43. The van der Waals surface area contributed by atoms with Crippen LogP contribution in [0.25, 0.3) is 0 Å². The molecule has 0 aliphatic carbocycles. The van der Waals surface area contributed by atoms with Crippen LogP contribution in [-0.4, -0.2) is 12.7 Å². The maximum atomic E-state index is 10.4.